The summed E-state index contributed by atoms with van der Waals surface area (Å²) in [5.41, 5.74) is 5.30. The smallest absolute Gasteiger partial charge is 0.251 e. The molecule has 0 unspecified atom stereocenters. The molecule has 0 saturated carbocycles. The van der Waals surface area contributed by atoms with E-state index in [2.05, 4.69) is 20.3 Å². The molecule has 2 aromatic heterocycles. The molecule has 7 nitrogen and oxygen atoms in total. The van der Waals surface area contributed by atoms with Crippen LogP contribution in [-0.4, -0.2) is 30.9 Å². The molecule has 1 amide bonds. The minimum atomic E-state index is -0.601. The van der Waals surface area contributed by atoms with Crippen LogP contribution in [0.25, 0.3) is 5.82 Å². The van der Waals surface area contributed by atoms with Crippen LogP contribution in [0.2, 0.25) is 10.4 Å². The summed E-state index contributed by atoms with van der Waals surface area (Å²) in [6.07, 6.45) is 2.66. The lowest BCUT2D eigenvalue weighted by molar-refractivity contribution is 0.100. The lowest BCUT2D eigenvalue weighted by atomic mass is 10.3. The summed E-state index contributed by atoms with van der Waals surface area (Å²) >= 11 is 11.3. The number of hydrogen-bond donors (Lipinski definition) is 1. The molecule has 0 aliphatic heterocycles. The normalized spacial score (nSPS) is 10.4. The van der Waals surface area contributed by atoms with E-state index in [0.29, 0.717) is 0 Å². The zero-order valence-electron chi connectivity index (χ0n) is 7.63. The van der Waals surface area contributed by atoms with E-state index in [9.17, 15) is 4.79 Å². The predicted molar refractivity (Wildman–Crippen MR) is 55.5 cm³/mol. The van der Waals surface area contributed by atoms with Gasteiger partial charge in [-0.2, -0.15) is 10.1 Å². The second-order valence-corrected chi connectivity index (χ2v) is 3.43. The van der Waals surface area contributed by atoms with E-state index in [1.54, 1.807) is 0 Å². The summed E-state index contributed by atoms with van der Waals surface area (Å²) in [6, 6.07) is 0. The van der Waals surface area contributed by atoms with E-state index < -0.39 is 5.91 Å². The highest BCUT2D eigenvalue weighted by Crippen LogP contribution is 2.15. The van der Waals surface area contributed by atoms with Crippen LogP contribution in [0.5, 0.6) is 0 Å². The van der Waals surface area contributed by atoms with Crippen LogP contribution in [-0.2, 0) is 0 Å². The third-order valence-corrected chi connectivity index (χ3v) is 2.09. The van der Waals surface area contributed by atoms with Crippen molar-refractivity contribution >= 4 is 29.1 Å². The largest absolute Gasteiger partial charge is 0.366 e. The van der Waals surface area contributed by atoms with Crippen LogP contribution >= 0.6 is 23.2 Å². The number of carbonyl (C=O) groups excluding carboxylic acids is 1. The van der Waals surface area contributed by atoms with Crippen molar-refractivity contribution in [2.24, 2.45) is 5.73 Å². The Labute approximate surface area is 99.2 Å². The highest BCUT2D eigenvalue weighted by atomic mass is 35.5. The van der Waals surface area contributed by atoms with Gasteiger partial charge in [-0.3, -0.25) is 4.79 Å². The number of nitrogens with two attached hydrogens (primary N) is 1. The van der Waals surface area contributed by atoms with Gasteiger partial charge in [-0.1, -0.05) is 11.6 Å². The maximum atomic E-state index is 10.9. The SMILES string of the molecule is NC(=O)c1cnn(-c2nc(Cl)nnc2Cl)c1. The number of hydrogen-bond acceptors (Lipinski definition) is 5. The molecule has 2 heterocycles. The minimum absolute atomic E-state index is 0.0171. The van der Waals surface area contributed by atoms with Gasteiger partial charge in [0.1, 0.15) is 0 Å². The minimum Gasteiger partial charge on any atom is -0.366 e. The standard InChI is InChI=1S/C7H4Cl2N6O/c8-4-6(12-7(9)14-13-4)15-2-3(1-11-15)5(10)16/h1-2H,(H2,10,16). The van der Waals surface area contributed by atoms with Gasteiger partial charge in [0, 0.05) is 6.20 Å². The van der Waals surface area contributed by atoms with Gasteiger partial charge in [-0.15, -0.1) is 10.2 Å². The van der Waals surface area contributed by atoms with E-state index in [4.69, 9.17) is 28.9 Å². The van der Waals surface area contributed by atoms with Crippen molar-refractivity contribution < 1.29 is 4.79 Å². The Kier molecular flexibility index (Phi) is 2.71. The van der Waals surface area contributed by atoms with E-state index >= 15 is 0 Å². The molecule has 2 aromatic rings. The fourth-order valence-corrected chi connectivity index (χ4v) is 1.28. The van der Waals surface area contributed by atoms with Crippen molar-refractivity contribution in [3.8, 4) is 5.82 Å². The van der Waals surface area contributed by atoms with E-state index in [1.807, 2.05) is 0 Å². The maximum absolute atomic E-state index is 10.9. The monoisotopic (exact) mass is 258 g/mol. The fourth-order valence-electron chi connectivity index (χ4n) is 0.997. The molecule has 0 aliphatic carbocycles. The first kappa shape index (κ1) is 10.8. The molecule has 0 aromatic carbocycles. The van der Waals surface area contributed by atoms with Crippen LogP contribution in [0.15, 0.2) is 12.4 Å². The number of rotatable bonds is 2. The lowest BCUT2D eigenvalue weighted by Gasteiger charge is -2.00. The topological polar surface area (TPSA) is 99.6 Å². The summed E-state index contributed by atoms with van der Waals surface area (Å²) < 4.78 is 1.24. The van der Waals surface area contributed by atoms with Crippen molar-refractivity contribution in [3.63, 3.8) is 0 Å². The fraction of sp³-hybridized carbons (Fsp3) is 0. The first-order chi connectivity index (χ1) is 7.58. The Hall–Kier alpha value is -1.73. The molecule has 16 heavy (non-hydrogen) atoms. The van der Waals surface area contributed by atoms with Crippen molar-refractivity contribution in [1.82, 2.24) is 25.0 Å². The van der Waals surface area contributed by atoms with Crippen molar-refractivity contribution in [1.29, 1.82) is 0 Å². The molecule has 0 atom stereocenters. The van der Waals surface area contributed by atoms with E-state index in [-0.39, 0.29) is 21.8 Å². The summed E-state index contributed by atoms with van der Waals surface area (Å²) in [5.74, 6) is -0.426. The molecule has 0 spiro atoms. The number of amides is 1. The molecule has 0 aliphatic rings. The second-order valence-electron chi connectivity index (χ2n) is 2.73. The zero-order chi connectivity index (χ0) is 11.7. The molecule has 9 heteroatoms. The number of nitrogens with zero attached hydrogens (tertiary/aromatic N) is 5. The van der Waals surface area contributed by atoms with Crippen molar-refractivity contribution in [2.75, 3.05) is 0 Å². The average Bonchev–Trinajstić information content (AvgIpc) is 2.70. The van der Waals surface area contributed by atoms with Gasteiger partial charge in [0.05, 0.1) is 11.8 Å². The van der Waals surface area contributed by atoms with Crippen LogP contribution < -0.4 is 5.73 Å². The number of halogens is 2. The zero-order valence-corrected chi connectivity index (χ0v) is 9.14. The highest BCUT2D eigenvalue weighted by molar-refractivity contribution is 6.31. The van der Waals surface area contributed by atoms with Crippen LogP contribution in [0.4, 0.5) is 0 Å². The summed E-state index contributed by atoms with van der Waals surface area (Å²) in [6.45, 7) is 0. The predicted octanol–water partition coefficient (Wildman–Crippen LogP) is 0.463. The van der Waals surface area contributed by atoms with E-state index in [1.165, 1.54) is 17.1 Å². The van der Waals surface area contributed by atoms with Gasteiger partial charge >= 0.3 is 0 Å². The van der Waals surface area contributed by atoms with E-state index in [0.717, 1.165) is 0 Å². The van der Waals surface area contributed by atoms with Gasteiger partial charge in [-0.25, -0.2) is 4.68 Å². The van der Waals surface area contributed by atoms with Crippen molar-refractivity contribution in [3.05, 3.63) is 28.4 Å². The Balaban J connectivity index is 2.50. The van der Waals surface area contributed by atoms with Crippen LogP contribution in [0.3, 0.4) is 0 Å². The molecule has 2 N–H and O–H groups in total. The number of carbonyl (C=O) groups is 1. The maximum Gasteiger partial charge on any atom is 0.251 e. The Morgan fingerprint density at radius 2 is 2.12 bits per heavy atom. The number of primary amides is 1. The van der Waals surface area contributed by atoms with Crippen LogP contribution in [0.1, 0.15) is 10.4 Å². The van der Waals surface area contributed by atoms with Gasteiger partial charge in [0.25, 0.3) is 5.91 Å². The molecule has 0 bridgehead atoms. The van der Waals surface area contributed by atoms with Gasteiger partial charge in [0.2, 0.25) is 5.28 Å². The third-order valence-electron chi connectivity index (χ3n) is 1.69. The van der Waals surface area contributed by atoms with Gasteiger partial charge in [0.15, 0.2) is 11.0 Å². The first-order valence-electron chi connectivity index (χ1n) is 3.98. The molecular weight excluding hydrogens is 255 g/mol. The molecule has 0 saturated heterocycles. The molecule has 2 rings (SSSR count). The molecule has 82 valence electrons. The Morgan fingerprint density at radius 1 is 1.38 bits per heavy atom. The molecular formula is C7H4Cl2N6O. The second kappa shape index (κ2) is 4.03. The molecule has 0 radical (unpaired) electrons. The summed E-state index contributed by atoms with van der Waals surface area (Å²) in [7, 11) is 0. The number of aromatic nitrogens is 5. The summed E-state index contributed by atoms with van der Waals surface area (Å²) in [4.78, 5) is 14.7. The van der Waals surface area contributed by atoms with Crippen LogP contribution in [0, 0.1) is 0 Å². The van der Waals surface area contributed by atoms with Gasteiger partial charge < -0.3 is 5.73 Å². The Bertz CT molecular complexity index is 554. The first-order valence-corrected chi connectivity index (χ1v) is 4.74. The highest BCUT2D eigenvalue weighted by Gasteiger charge is 2.11. The van der Waals surface area contributed by atoms with Crippen molar-refractivity contribution in [2.45, 2.75) is 0 Å². The summed E-state index contributed by atoms with van der Waals surface area (Å²) in [5, 5.41) is 10.8. The lowest BCUT2D eigenvalue weighted by Crippen LogP contribution is -2.09. The Morgan fingerprint density at radius 3 is 2.75 bits per heavy atom. The molecule has 0 fully saturated rings. The average molecular weight is 259 g/mol. The quantitative estimate of drug-likeness (QED) is 0.844. The van der Waals surface area contributed by atoms with Gasteiger partial charge in [-0.05, 0) is 11.6 Å². The third kappa shape index (κ3) is 1.95.